The Kier molecular flexibility index (Phi) is 3.77. The average Bonchev–Trinajstić information content (AvgIpc) is 2.79. The zero-order valence-electron chi connectivity index (χ0n) is 16.7. The standard InChI is InChI=1S/C28H19NO2/c30-23-8-2-6-21(16-23)29(22-7-3-9-24(31)17-22)26-15-13-20-11-10-18-4-1-5-19-12-14-25(26)28(20)27(18)19/h1-17,30-31H. The smallest absolute Gasteiger partial charge is 0.117 e. The third-order valence-electron chi connectivity index (χ3n) is 5.92. The molecule has 0 heterocycles. The summed E-state index contributed by atoms with van der Waals surface area (Å²) in [5.41, 5.74) is 2.63. The maximum absolute atomic E-state index is 10.2. The van der Waals surface area contributed by atoms with Gasteiger partial charge in [0.05, 0.1) is 5.69 Å². The summed E-state index contributed by atoms with van der Waals surface area (Å²) in [6, 6.07) is 33.7. The number of hydrogen-bond acceptors (Lipinski definition) is 3. The summed E-state index contributed by atoms with van der Waals surface area (Å²) in [4.78, 5) is 2.07. The number of benzene rings is 6. The Morgan fingerprint density at radius 2 is 1.00 bits per heavy atom. The Morgan fingerprint density at radius 1 is 0.484 bits per heavy atom. The highest BCUT2D eigenvalue weighted by atomic mass is 16.3. The van der Waals surface area contributed by atoms with Crippen LogP contribution >= 0.6 is 0 Å². The highest BCUT2D eigenvalue weighted by Gasteiger charge is 2.18. The second-order valence-corrected chi connectivity index (χ2v) is 7.82. The van der Waals surface area contributed by atoms with E-state index in [-0.39, 0.29) is 11.5 Å². The van der Waals surface area contributed by atoms with E-state index in [1.165, 1.54) is 26.9 Å². The van der Waals surface area contributed by atoms with Crippen LogP contribution in [0.4, 0.5) is 17.1 Å². The molecule has 0 saturated heterocycles. The van der Waals surface area contributed by atoms with Crippen LogP contribution in [0.25, 0.3) is 32.3 Å². The van der Waals surface area contributed by atoms with Gasteiger partial charge in [-0.25, -0.2) is 0 Å². The summed E-state index contributed by atoms with van der Waals surface area (Å²) in [5.74, 6) is 0.390. The minimum Gasteiger partial charge on any atom is -0.508 e. The normalized spacial score (nSPS) is 11.5. The molecule has 0 aliphatic rings. The molecule has 6 rings (SSSR count). The molecule has 6 aromatic rings. The van der Waals surface area contributed by atoms with E-state index in [0.29, 0.717) is 0 Å². The Bertz CT molecular complexity index is 1510. The zero-order valence-corrected chi connectivity index (χ0v) is 16.7. The van der Waals surface area contributed by atoms with E-state index in [1.807, 2.05) is 24.3 Å². The maximum Gasteiger partial charge on any atom is 0.117 e. The topological polar surface area (TPSA) is 43.7 Å². The summed E-state index contributed by atoms with van der Waals surface area (Å²) in [7, 11) is 0. The summed E-state index contributed by atoms with van der Waals surface area (Å²) >= 11 is 0. The summed E-state index contributed by atoms with van der Waals surface area (Å²) in [6.45, 7) is 0. The molecule has 0 radical (unpaired) electrons. The molecule has 0 aliphatic carbocycles. The van der Waals surface area contributed by atoms with Gasteiger partial charge in [0.15, 0.2) is 0 Å². The third-order valence-corrected chi connectivity index (χ3v) is 5.92. The lowest BCUT2D eigenvalue weighted by atomic mass is 9.93. The van der Waals surface area contributed by atoms with Crippen LogP contribution in [0.2, 0.25) is 0 Å². The first-order chi connectivity index (χ1) is 15.2. The van der Waals surface area contributed by atoms with Gasteiger partial charge in [-0.1, -0.05) is 60.7 Å². The number of anilines is 3. The van der Waals surface area contributed by atoms with E-state index in [0.717, 1.165) is 22.4 Å². The molecule has 0 aliphatic heterocycles. The van der Waals surface area contributed by atoms with Crippen LogP contribution in [0, 0.1) is 0 Å². The minimum absolute atomic E-state index is 0.195. The fourth-order valence-corrected chi connectivity index (χ4v) is 4.61. The van der Waals surface area contributed by atoms with Gasteiger partial charge in [0.2, 0.25) is 0 Å². The van der Waals surface area contributed by atoms with Gasteiger partial charge in [0.1, 0.15) is 11.5 Å². The highest BCUT2D eigenvalue weighted by Crippen LogP contribution is 2.44. The van der Waals surface area contributed by atoms with Crippen molar-refractivity contribution < 1.29 is 10.2 Å². The number of aromatic hydroxyl groups is 2. The molecule has 0 amide bonds. The van der Waals surface area contributed by atoms with Crippen LogP contribution < -0.4 is 4.90 Å². The van der Waals surface area contributed by atoms with Crippen LogP contribution in [0.5, 0.6) is 11.5 Å². The number of nitrogens with zero attached hydrogens (tertiary/aromatic N) is 1. The Balaban J connectivity index is 1.72. The summed E-state index contributed by atoms with van der Waals surface area (Å²) in [6.07, 6.45) is 0. The highest BCUT2D eigenvalue weighted by molar-refractivity contribution is 6.25. The van der Waals surface area contributed by atoms with E-state index >= 15 is 0 Å². The number of hydrogen-bond donors (Lipinski definition) is 2. The van der Waals surface area contributed by atoms with Crippen molar-refractivity contribution in [3.8, 4) is 11.5 Å². The van der Waals surface area contributed by atoms with E-state index in [2.05, 4.69) is 59.5 Å². The molecule has 148 valence electrons. The van der Waals surface area contributed by atoms with Gasteiger partial charge in [-0.2, -0.15) is 0 Å². The molecular weight excluding hydrogens is 382 g/mol. The lowest BCUT2D eigenvalue weighted by molar-refractivity contribution is 0.475. The van der Waals surface area contributed by atoms with Crippen molar-refractivity contribution in [3.05, 3.63) is 103 Å². The van der Waals surface area contributed by atoms with Gasteiger partial charge in [0.25, 0.3) is 0 Å². The van der Waals surface area contributed by atoms with Gasteiger partial charge < -0.3 is 15.1 Å². The van der Waals surface area contributed by atoms with Crippen LogP contribution in [-0.4, -0.2) is 10.2 Å². The molecule has 0 spiro atoms. The van der Waals surface area contributed by atoms with Crippen molar-refractivity contribution in [2.45, 2.75) is 0 Å². The van der Waals surface area contributed by atoms with Crippen molar-refractivity contribution in [2.24, 2.45) is 0 Å². The van der Waals surface area contributed by atoms with E-state index < -0.39 is 0 Å². The lowest BCUT2D eigenvalue weighted by Gasteiger charge is -2.27. The fraction of sp³-hybridized carbons (Fsp3) is 0. The molecular formula is C28H19NO2. The number of phenolic OH excluding ortho intramolecular Hbond substituents is 2. The van der Waals surface area contributed by atoms with Crippen LogP contribution in [0.3, 0.4) is 0 Å². The van der Waals surface area contributed by atoms with Crippen molar-refractivity contribution in [1.82, 2.24) is 0 Å². The Hall–Kier alpha value is -4.24. The molecule has 0 unspecified atom stereocenters. The first kappa shape index (κ1) is 17.6. The van der Waals surface area contributed by atoms with Gasteiger partial charge in [-0.3, -0.25) is 0 Å². The first-order valence-corrected chi connectivity index (χ1v) is 10.2. The lowest BCUT2D eigenvalue weighted by Crippen LogP contribution is -2.10. The van der Waals surface area contributed by atoms with E-state index in [9.17, 15) is 10.2 Å². The Morgan fingerprint density at radius 3 is 1.61 bits per heavy atom. The molecule has 0 fully saturated rings. The monoisotopic (exact) mass is 401 g/mol. The third kappa shape index (κ3) is 2.75. The van der Waals surface area contributed by atoms with E-state index in [4.69, 9.17) is 0 Å². The quantitative estimate of drug-likeness (QED) is 0.302. The molecule has 2 N–H and O–H groups in total. The predicted octanol–water partition coefficient (Wildman–Crippen LogP) is 7.47. The van der Waals surface area contributed by atoms with Crippen LogP contribution in [0.15, 0.2) is 103 Å². The van der Waals surface area contributed by atoms with Crippen molar-refractivity contribution >= 4 is 49.4 Å². The minimum atomic E-state index is 0.195. The van der Waals surface area contributed by atoms with Crippen LogP contribution in [0.1, 0.15) is 0 Å². The van der Waals surface area contributed by atoms with Gasteiger partial charge in [-0.15, -0.1) is 0 Å². The van der Waals surface area contributed by atoms with Crippen molar-refractivity contribution in [1.29, 1.82) is 0 Å². The second-order valence-electron chi connectivity index (χ2n) is 7.82. The fourth-order valence-electron chi connectivity index (χ4n) is 4.61. The predicted molar refractivity (Wildman–Crippen MR) is 128 cm³/mol. The van der Waals surface area contributed by atoms with Gasteiger partial charge in [0, 0.05) is 28.9 Å². The molecule has 31 heavy (non-hydrogen) atoms. The molecule has 3 nitrogen and oxygen atoms in total. The zero-order chi connectivity index (χ0) is 20.9. The SMILES string of the molecule is Oc1cccc(N(c2cccc(O)c2)c2ccc3ccc4cccc5ccc2c3c45)c1. The Labute approximate surface area is 179 Å². The molecule has 0 bridgehead atoms. The first-order valence-electron chi connectivity index (χ1n) is 10.2. The molecule has 0 saturated carbocycles. The molecule has 0 aromatic heterocycles. The van der Waals surface area contributed by atoms with E-state index in [1.54, 1.807) is 24.3 Å². The largest absolute Gasteiger partial charge is 0.508 e. The number of rotatable bonds is 3. The summed E-state index contributed by atoms with van der Waals surface area (Å²) < 4.78 is 0. The van der Waals surface area contributed by atoms with Gasteiger partial charge >= 0.3 is 0 Å². The average molecular weight is 401 g/mol. The summed E-state index contributed by atoms with van der Waals surface area (Å²) in [5, 5.41) is 27.6. The molecule has 3 heteroatoms. The maximum atomic E-state index is 10.2. The van der Waals surface area contributed by atoms with Crippen molar-refractivity contribution in [3.63, 3.8) is 0 Å². The number of phenols is 2. The molecule has 6 aromatic carbocycles. The van der Waals surface area contributed by atoms with Crippen molar-refractivity contribution in [2.75, 3.05) is 4.90 Å². The van der Waals surface area contributed by atoms with Crippen LogP contribution in [-0.2, 0) is 0 Å². The molecule has 0 atom stereocenters. The van der Waals surface area contributed by atoms with Gasteiger partial charge in [-0.05, 0) is 57.3 Å². The second kappa shape index (κ2) is 6.64.